The SMILES string of the molecule is CC[C@H]1OC(=O)[C@H](C)[C@@H](C2C[C@@](C)(OC)[C@@H](O)[C@H](C)O2)[C@H](C)[C@@H](O[C@@H]2O[C@H](C)C[C@H](N(C)CCc3cn(Cc4ccc([N+](=O)[O-])cc4)nn3)[C@H]2O)[C@](C)(O)C[C@@H](C)CN(C)[C@H](C)[C@@H](O)[C@]1(C)O. The van der Waals surface area contributed by atoms with Crippen LogP contribution in [-0.2, 0) is 41.4 Å². The van der Waals surface area contributed by atoms with Crippen molar-refractivity contribution in [3.63, 3.8) is 0 Å². The maximum Gasteiger partial charge on any atom is 0.309 e. The topological polar surface area (TPSA) is 245 Å². The molecular formula is C48H80N6O13. The number of aliphatic hydroxyl groups is 5. The van der Waals surface area contributed by atoms with Gasteiger partial charge in [-0.15, -0.1) is 5.10 Å². The Morgan fingerprint density at radius 3 is 2.27 bits per heavy atom. The number of ether oxygens (including phenoxy) is 5. The van der Waals surface area contributed by atoms with E-state index < -0.39 is 107 Å². The fraction of sp³-hybridized carbons (Fsp3) is 0.812. The van der Waals surface area contributed by atoms with Gasteiger partial charge < -0.3 is 59.0 Å². The zero-order valence-corrected chi connectivity index (χ0v) is 41.9. The molecule has 5 N–H and O–H groups in total. The maximum atomic E-state index is 14.6. The van der Waals surface area contributed by atoms with Crippen LogP contribution in [0.5, 0.6) is 0 Å². The van der Waals surface area contributed by atoms with Crippen molar-refractivity contribution >= 4 is 11.7 Å². The number of nitro groups is 1. The molecule has 3 aliphatic rings. The lowest BCUT2D eigenvalue weighted by atomic mass is 9.68. The molecule has 2 aromatic rings. The second kappa shape index (κ2) is 22.3. The molecule has 0 bridgehead atoms. The first-order valence-electron chi connectivity index (χ1n) is 24.0. The Labute approximate surface area is 396 Å². The van der Waals surface area contributed by atoms with Crippen LogP contribution in [0.3, 0.4) is 0 Å². The minimum atomic E-state index is -1.82. The van der Waals surface area contributed by atoms with E-state index in [2.05, 4.69) is 10.3 Å². The molecule has 18 atom stereocenters. The van der Waals surface area contributed by atoms with E-state index in [4.69, 9.17) is 23.7 Å². The van der Waals surface area contributed by atoms with Crippen molar-refractivity contribution in [3.05, 3.63) is 51.8 Å². The monoisotopic (exact) mass is 949 g/mol. The first kappa shape index (κ1) is 54.7. The highest BCUT2D eigenvalue weighted by molar-refractivity contribution is 5.73. The van der Waals surface area contributed by atoms with Crippen molar-refractivity contribution in [2.24, 2.45) is 23.7 Å². The molecule has 67 heavy (non-hydrogen) atoms. The summed E-state index contributed by atoms with van der Waals surface area (Å²) in [6, 6.07) is 5.29. The van der Waals surface area contributed by atoms with Gasteiger partial charge in [0.05, 0.1) is 58.7 Å². The third kappa shape index (κ3) is 12.6. The predicted molar refractivity (Wildman–Crippen MR) is 248 cm³/mol. The number of non-ortho nitro benzene ring substituents is 1. The molecule has 380 valence electrons. The van der Waals surface area contributed by atoms with E-state index >= 15 is 0 Å². The summed E-state index contributed by atoms with van der Waals surface area (Å²) in [6.07, 6.45) is -5.17. The molecule has 0 spiro atoms. The Morgan fingerprint density at radius 1 is 1.00 bits per heavy atom. The van der Waals surface area contributed by atoms with E-state index in [9.17, 15) is 40.4 Å². The summed E-state index contributed by atoms with van der Waals surface area (Å²) in [7, 11) is 5.28. The number of esters is 1. The Bertz CT molecular complexity index is 1920. The third-order valence-corrected chi connectivity index (χ3v) is 15.3. The number of aliphatic hydroxyl groups excluding tert-OH is 3. The van der Waals surface area contributed by atoms with Crippen LogP contribution in [0.25, 0.3) is 0 Å². The summed E-state index contributed by atoms with van der Waals surface area (Å²) >= 11 is 0. The van der Waals surface area contributed by atoms with Crippen LogP contribution in [0.15, 0.2) is 30.5 Å². The molecule has 19 heteroatoms. The van der Waals surface area contributed by atoms with Crippen LogP contribution in [0, 0.1) is 33.8 Å². The van der Waals surface area contributed by atoms with Crippen LogP contribution < -0.4 is 0 Å². The summed E-state index contributed by atoms with van der Waals surface area (Å²) in [5.41, 5.74) is -2.91. The average molecular weight is 949 g/mol. The second-order valence-electron chi connectivity index (χ2n) is 20.8. The number of cyclic esters (lactones) is 1. The number of methoxy groups -OCH3 is 1. The normalized spacial score (nSPS) is 41.1. The van der Waals surface area contributed by atoms with E-state index in [1.807, 2.05) is 50.9 Å². The molecule has 3 fully saturated rings. The minimum absolute atomic E-state index is 0.0118. The smallest absolute Gasteiger partial charge is 0.309 e. The molecule has 0 saturated carbocycles. The van der Waals surface area contributed by atoms with Gasteiger partial charge in [0.1, 0.15) is 30.0 Å². The number of rotatable bonds is 12. The highest BCUT2D eigenvalue weighted by atomic mass is 16.7. The number of hydrogen-bond acceptors (Lipinski definition) is 17. The van der Waals surface area contributed by atoms with Gasteiger partial charge >= 0.3 is 5.97 Å². The lowest BCUT2D eigenvalue weighted by Gasteiger charge is -2.51. The van der Waals surface area contributed by atoms with Crippen molar-refractivity contribution in [2.45, 2.75) is 192 Å². The van der Waals surface area contributed by atoms with Crippen LogP contribution in [-0.4, -0.2) is 180 Å². The van der Waals surface area contributed by atoms with E-state index in [-0.39, 0.29) is 37.0 Å². The van der Waals surface area contributed by atoms with Gasteiger partial charge in [-0.05, 0) is 92.3 Å². The summed E-state index contributed by atoms with van der Waals surface area (Å²) < 4.78 is 33.7. The number of benzene rings is 1. The largest absolute Gasteiger partial charge is 0.459 e. The van der Waals surface area contributed by atoms with Gasteiger partial charge in [-0.2, -0.15) is 0 Å². The van der Waals surface area contributed by atoms with Gasteiger partial charge in [0.2, 0.25) is 0 Å². The van der Waals surface area contributed by atoms with Gasteiger partial charge in [0.15, 0.2) is 6.29 Å². The molecule has 0 aliphatic carbocycles. The first-order valence-corrected chi connectivity index (χ1v) is 24.0. The Kier molecular flexibility index (Phi) is 18.2. The molecule has 1 aromatic carbocycles. The molecule has 4 heterocycles. The average Bonchev–Trinajstić information content (AvgIpc) is 3.72. The van der Waals surface area contributed by atoms with Crippen molar-refractivity contribution < 1.29 is 58.9 Å². The number of aromatic nitrogens is 3. The van der Waals surface area contributed by atoms with Crippen LogP contribution in [0.4, 0.5) is 5.69 Å². The molecule has 19 nitrogen and oxygen atoms in total. The summed E-state index contributed by atoms with van der Waals surface area (Å²) in [6.45, 7) is 19.1. The van der Waals surface area contributed by atoms with Crippen LogP contribution in [0.2, 0.25) is 0 Å². The number of nitrogens with zero attached hydrogens (tertiary/aromatic N) is 6. The van der Waals surface area contributed by atoms with Gasteiger partial charge in [-0.1, -0.05) is 45.0 Å². The highest BCUT2D eigenvalue weighted by Crippen LogP contribution is 2.45. The zero-order valence-electron chi connectivity index (χ0n) is 41.9. The van der Waals surface area contributed by atoms with E-state index in [1.54, 1.807) is 58.4 Å². The molecule has 3 saturated heterocycles. The molecule has 1 unspecified atom stereocenters. The van der Waals surface area contributed by atoms with Crippen molar-refractivity contribution in [1.82, 2.24) is 24.8 Å². The van der Waals surface area contributed by atoms with Gasteiger partial charge in [0.25, 0.3) is 5.69 Å². The summed E-state index contributed by atoms with van der Waals surface area (Å²) in [5, 5.41) is 79.6. The number of carbonyl (C=O) groups is 1. The molecular weight excluding hydrogens is 869 g/mol. The number of likely N-dealkylation sites (N-methyl/N-ethyl adjacent to an activating group) is 2. The predicted octanol–water partition coefficient (Wildman–Crippen LogP) is 3.34. The van der Waals surface area contributed by atoms with Gasteiger partial charge in [0, 0.05) is 69.4 Å². The fourth-order valence-corrected chi connectivity index (χ4v) is 11.1. The van der Waals surface area contributed by atoms with Gasteiger partial charge in [-0.3, -0.25) is 14.9 Å². The minimum Gasteiger partial charge on any atom is -0.459 e. The van der Waals surface area contributed by atoms with E-state index in [1.165, 1.54) is 26.2 Å². The maximum absolute atomic E-state index is 14.6. The Hall–Kier alpha value is -3.21. The first-order chi connectivity index (χ1) is 31.2. The Balaban J connectivity index is 1.46. The van der Waals surface area contributed by atoms with E-state index in [0.717, 1.165) is 11.3 Å². The quantitative estimate of drug-likeness (QED) is 0.116. The molecule has 0 radical (unpaired) electrons. The van der Waals surface area contributed by atoms with E-state index in [0.29, 0.717) is 32.5 Å². The van der Waals surface area contributed by atoms with Crippen molar-refractivity contribution in [3.8, 4) is 0 Å². The van der Waals surface area contributed by atoms with Crippen LogP contribution >= 0.6 is 0 Å². The zero-order chi connectivity index (χ0) is 49.9. The fourth-order valence-electron chi connectivity index (χ4n) is 11.1. The molecule has 0 amide bonds. The second-order valence-corrected chi connectivity index (χ2v) is 20.8. The Morgan fingerprint density at radius 2 is 1.66 bits per heavy atom. The molecule has 5 rings (SSSR count). The molecule has 3 aliphatic heterocycles. The number of nitro benzene ring substituents is 1. The lowest BCUT2D eigenvalue weighted by molar-refractivity contribution is -0.384. The number of hydrogen-bond donors (Lipinski definition) is 5. The summed E-state index contributed by atoms with van der Waals surface area (Å²) in [4.78, 5) is 29.2. The highest BCUT2D eigenvalue weighted by Gasteiger charge is 2.55. The summed E-state index contributed by atoms with van der Waals surface area (Å²) in [5.74, 6) is -3.19. The van der Waals surface area contributed by atoms with Crippen molar-refractivity contribution in [2.75, 3.05) is 34.3 Å². The number of carbonyl (C=O) groups excluding carboxylic acids is 1. The molecule has 1 aromatic heterocycles. The van der Waals surface area contributed by atoms with Gasteiger partial charge in [-0.25, -0.2) is 4.68 Å². The third-order valence-electron chi connectivity index (χ3n) is 15.3. The van der Waals surface area contributed by atoms with Crippen LogP contribution in [0.1, 0.15) is 106 Å². The lowest BCUT2D eigenvalue weighted by Crippen LogP contribution is -2.62. The standard InChI is InChI=1S/C48H80N6O13/c1-14-38-48(10,60)41(56)31(6)52(12)24-27(2)22-46(8,59)43(29(4)39(30(5)44(58)66-38)37-23-47(9,63-13)42(57)32(7)65-37)67-45-40(55)36(21-28(3)64-45)51(11)20-19-34-26-53(50-49-34)25-33-15-17-35(18-16-33)54(61)62/h15-18,26-32,36-43,45,55-57,59-60H,14,19-25H2,1-13H3/t27-,28-,29+,30-,31-,32+,36+,37?,38-,39+,40-,41-,42+,43-,45+,46-,47-,48-/m1/s1. The van der Waals surface area contributed by atoms with Crippen molar-refractivity contribution in [1.29, 1.82) is 0 Å².